The molecule has 3 heteroatoms. The summed E-state index contributed by atoms with van der Waals surface area (Å²) < 4.78 is 0.594. The van der Waals surface area contributed by atoms with Crippen LogP contribution >= 0.6 is 35.3 Å². The SMILES string of the molecule is CCCCC1(CCSCC)SCCCS1. The summed E-state index contributed by atoms with van der Waals surface area (Å²) in [4.78, 5) is 0. The standard InChI is InChI=1S/C12H24S3/c1-3-5-7-12(8-11-13-4-2)14-9-6-10-15-12/h3-11H2,1-2H3. The van der Waals surface area contributed by atoms with Gasteiger partial charge in [0, 0.05) is 0 Å². The monoisotopic (exact) mass is 264 g/mol. The number of hydrogen-bond acceptors (Lipinski definition) is 3. The Morgan fingerprint density at radius 2 is 1.87 bits per heavy atom. The normalized spacial score (nSPS) is 20.4. The van der Waals surface area contributed by atoms with Crippen LogP contribution in [0.5, 0.6) is 0 Å². The van der Waals surface area contributed by atoms with Crippen LogP contribution in [0, 0.1) is 0 Å². The number of thioether (sulfide) groups is 3. The highest BCUT2D eigenvalue weighted by atomic mass is 32.2. The van der Waals surface area contributed by atoms with Crippen molar-refractivity contribution in [3.05, 3.63) is 0 Å². The van der Waals surface area contributed by atoms with Crippen molar-refractivity contribution in [3.8, 4) is 0 Å². The van der Waals surface area contributed by atoms with Crippen LogP contribution in [-0.4, -0.2) is 27.1 Å². The van der Waals surface area contributed by atoms with Gasteiger partial charge in [-0.05, 0) is 42.3 Å². The highest BCUT2D eigenvalue weighted by Crippen LogP contribution is 2.48. The zero-order valence-electron chi connectivity index (χ0n) is 10.1. The molecule has 1 rings (SSSR count). The van der Waals surface area contributed by atoms with Gasteiger partial charge in [-0.3, -0.25) is 0 Å². The molecular weight excluding hydrogens is 240 g/mol. The molecule has 1 heterocycles. The zero-order valence-corrected chi connectivity index (χ0v) is 12.5. The summed E-state index contributed by atoms with van der Waals surface area (Å²) in [7, 11) is 0. The van der Waals surface area contributed by atoms with Crippen molar-refractivity contribution < 1.29 is 0 Å². The molecule has 1 aliphatic heterocycles. The van der Waals surface area contributed by atoms with E-state index in [0.29, 0.717) is 4.08 Å². The molecule has 0 unspecified atom stereocenters. The Morgan fingerprint density at radius 3 is 2.47 bits per heavy atom. The number of rotatable bonds is 7. The van der Waals surface area contributed by atoms with Gasteiger partial charge < -0.3 is 0 Å². The van der Waals surface area contributed by atoms with Crippen LogP contribution in [0.2, 0.25) is 0 Å². The molecule has 1 saturated heterocycles. The van der Waals surface area contributed by atoms with Crippen LogP contribution in [-0.2, 0) is 0 Å². The van der Waals surface area contributed by atoms with Gasteiger partial charge in [0.25, 0.3) is 0 Å². The number of hydrogen-bond donors (Lipinski definition) is 0. The molecule has 0 bridgehead atoms. The lowest BCUT2D eigenvalue weighted by Crippen LogP contribution is -2.26. The quantitative estimate of drug-likeness (QED) is 0.601. The first-order valence-corrected chi connectivity index (χ1v) is 9.31. The van der Waals surface area contributed by atoms with Crippen LogP contribution < -0.4 is 0 Å². The molecule has 0 aromatic heterocycles. The van der Waals surface area contributed by atoms with E-state index >= 15 is 0 Å². The summed E-state index contributed by atoms with van der Waals surface area (Å²) >= 11 is 6.61. The maximum Gasteiger partial charge on any atom is 0.0618 e. The Bertz CT molecular complexity index is 153. The largest absolute Gasteiger partial charge is 0.162 e. The third kappa shape index (κ3) is 5.27. The van der Waals surface area contributed by atoms with E-state index in [1.807, 2.05) is 0 Å². The molecule has 0 spiro atoms. The van der Waals surface area contributed by atoms with Crippen molar-refractivity contribution >= 4 is 35.3 Å². The van der Waals surface area contributed by atoms with E-state index in [2.05, 4.69) is 49.1 Å². The van der Waals surface area contributed by atoms with Crippen LogP contribution in [0.3, 0.4) is 0 Å². The highest BCUT2D eigenvalue weighted by molar-refractivity contribution is 8.18. The van der Waals surface area contributed by atoms with Gasteiger partial charge in [-0.25, -0.2) is 0 Å². The number of unbranched alkanes of at least 4 members (excludes halogenated alkanes) is 1. The van der Waals surface area contributed by atoms with Crippen LogP contribution in [0.1, 0.15) is 46.0 Å². The summed E-state index contributed by atoms with van der Waals surface area (Å²) in [6.45, 7) is 4.58. The molecule has 0 aromatic rings. The lowest BCUT2D eigenvalue weighted by Gasteiger charge is -2.36. The highest BCUT2D eigenvalue weighted by Gasteiger charge is 2.32. The van der Waals surface area contributed by atoms with Crippen LogP contribution in [0.15, 0.2) is 0 Å². The van der Waals surface area contributed by atoms with Gasteiger partial charge in [-0.2, -0.15) is 11.8 Å². The first-order chi connectivity index (χ1) is 7.33. The molecule has 0 aromatic carbocycles. The second-order valence-corrected chi connectivity index (χ2v) is 8.62. The topological polar surface area (TPSA) is 0 Å². The van der Waals surface area contributed by atoms with Crippen molar-refractivity contribution in [2.24, 2.45) is 0 Å². The molecule has 15 heavy (non-hydrogen) atoms. The van der Waals surface area contributed by atoms with Crippen molar-refractivity contribution in [3.63, 3.8) is 0 Å². The average Bonchev–Trinajstić information content (AvgIpc) is 2.28. The third-order valence-corrected chi connectivity index (χ3v) is 7.22. The molecule has 0 nitrogen and oxygen atoms in total. The first kappa shape index (κ1) is 14.1. The van der Waals surface area contributed by atoms with E-state index in [1.54, 1.807) is 0 Å². The van der Waals surface area contributed by atoms with Gasteiger partial charge >= 0.3 is 0 Å². The minimum absolute atomic E-state index is 0.594. The minimum atomic E-state index is 0.594. The fourth-order valence-electron chi connectivity index (χ4n) is 1.85. The van der Waals surface area contributed by atoms with Crippen molar-refractivity contribution in [1.29, 1.82) is 0 Å². The fraction of sp³-hybridized carbons (Fsp3) is 1.00. The van der Waals surface area contributed by atoms with E-state index < -0.39 is 0 Å². The lowest BCUT2D eigenvalue weighted by molar-refractivity contribution is 0.636. The predicted octanol–water partition coefficient (Wildman–Crippen LogP) is 4.89. The van der Waals surface area contributed by atoms with Crippen molar-refractivity contribution in [2.75, 3.05) is 23.0 Å². The van der Waals surface area contributed by atoms with E-state index in [4.69, 9.17) is 0 Å². The van der Waals surface area contributed by atoms with Gasteiger partial charge in [0.2, 0.25) is 0 Å². The molecule has 0 amide bonds. The van der Waals surface area contributed by atoms with Gasteiger partial charge in [0.15, 0.2) is 0 Å². The molecule has 0 radical (unpaired) electrons. The summed E-state index contributed by atoms with van der Waals surface area (Å²) in [5.41, 5.74) is 0. The van der Waals surface area contributed by atoms with Gasteiger partial charge in [-0.1, -0.05) is 26.7 Å². The smallest absolute Gasteiger partial charge is 0.0618 e. The minimum Gasteiger partial charge on any atom is -0.162 e. The maximum absolute atomic E-state index is 2.31. The van der Waals surface area contributed by atoms with Crippen LogP contribution in [0.4, 0.5) is 0 Å². The zero-order chi connectivity index (χ0) is 11.0. The Kier molecular flexibility index (Phi) is 7.70. The van der Waals surface area contributed by atoms with Crippen LogP contribution in [0.25, 0.3) is 0 Å². The predicted molar refractivity (Wildman–Crippen MR) is 79.4 cm³/mol. The Morgan fingerprint density at radius 1 is 1.13 bits per heavy atom. The van der Waals surface area contributed by atoms with Crippen molar-refractivity contribution in [2.45, 2.75) is 50.0 Å². The molecule has 0 N–H and O–H groups in total. The van der Waals surface area contributed by atoms with Gasteiger partial charge in [-0.15, -0.1) is 23.5 Å². The Balaban J connectivity index is 2.35. The van der Waals surface area contributed by atoms with Gasteiger partial charge in [0.1, 0.15) is 0 Å². The maximum atomic E-state index is 2.31. The molecule has 0 aliphatic carbocycles. The summed E-state index contributed by atoms with van der Waals surface area (Å²) in [6, 6.07) is 0. The summed E-state index contributed by atoms with van der Waals surface area (Å²) in [5.74, 6) is 5.43. The Hall–Kier alpha value is 1.05. The van der Waals surface area contributed by atoms with Gasteiger partial charge in [0.05, 0.1) is 4.08 Å². The molecular formula is C12H24S3. The van der Waals surface area contributed by atoms with Crippen molar-refractivity contribution in [1.82, 2.24) is 0 Å². The third-order valence-electron chi connectivity index (χ3n) is 2.76. The molecule has 0 saturated carbocycles. The van der Waals surface area contributed by atoms with E-state index in [-0.39, 0.29) is 0 Å². The average molecular weight is 265 g/mol. The summed E-state index contributed by atoms with van der Waals surface area (Å²) in [6.07, 6.45) is 7.04. The Labute approximate surface area is 108 Å². The fourth-order valence-corrected chi connectivity index (χ4v) is 6.30. The second kappa shape index (κ2) is 8.19. The summed E-state index contributed by atoms with van der Waals surface area (Å²) in [5, 5.41) is 0. The molecule has 1 aliphatic rings. The molecule has 0 atom stereocenters. The molecule has 1 fully saturated rings. The van der Waals surface area contributed by atoms with E-state index in [1.165, 1.54) is 55.1 Å². The van der Waals surface area contributed by atoms with E-state index in [0.717, 1.165) is 0 Å². The molecule has 90 valence electrons. The first-order valence-electron chi connectivity index (χ1n) is 6.18. The van der Waals surface area contributed by atoms with E-state index in [9.17, 15) is 0 Å². The second-order valence-electron chi connectivity index (χ2n) is 4.01. The lowest BCUT2D eigenvalue weighted by atomic mass is 10.1.